The number of carbonyl (C=O) groups excluding carboxylic acids is 2. The van der Waals surface area contributed by atoms with Crippen molar-refractivity contribution < 1.29 is 19.8 Å². The number of carbonyl (C=O) groups is 2. The number of amides is 2. The minimum Gasteiger partial charge on any atom is -0.395 e. The third-order valence-corrected chi connectivity index (χ3v) is 7.75. The molecule has 1 heterocycles. The van der Waals surface area contributed by atoms with Crippen LogP contribution in [0.15, 0.2) is 84.9 Å². The number of rotatable bonds is 10. The van der Waals surface area contributed by atoms with Crippen molar-refractivity contribution in [1.82, 2.24) is 4.90 Å². The minimum absolute atomic E-state index is 0.0796. The Bertz CT molecular complexity index is 1320. The lowest BCUT2D eigenvalue weighted by atomic mass is 9.83. The number of aliphatic hydroxyl groups is 2. The van der Waals surface area contributed by atoms with Crippen molar-refractivity contribution in [3.05, 3.63) is 110 Å². The Labute approximate surface area is 241 Å². The minimum atomic E-state index is -1.82. The molecule has 0 unspecified atom stereocenters. The van der Waals surface area contributed by atoms with Crippen molar-refractivity contribution in [2.45, 2.75) is 32.0 Å². The number of anilines is 1. The fraction of sp³-hybridized carbons (Fsp3) is 0.267. The second-order valence-corrected chi connectivity index (χ2v) is 11.1. The van der Waals surface area contributed by atoms with Gasteiger partial charge in [0.2, 0.25) is 5.91 Å². The first kappa shape index (κ1) is 28.3. The highest BCUT2D eigenvalue weighted by Gasteiger charge is 2.52. The smallest absolute Gasteiger partial charge is 0.264 e. The molecule has 0 aromatic heterocycles. The van der Waals surface area contributed by atoms with Gasteiger partial charge in [0.15, 0.2) is 5.60 Å². The Hall–Kier alpha value is -2.72. The fourth-order valence-electron chi connectivity index (χ4n) is 4.71. The van der Waals surface area contributed by atoms with Crippen LogP contribution < -0.4 is 4.90 Å². The van der Waals surface area contributed by atoms with Crippen LogP contribution in [0.25, 0.3) is 0 Å². The first-order valence-electron chi connectivity index (χ1n) is 12.4. The average molecular weight is 645 g/mol. The van der Waals surface area contributed by atoms with Crippen LogP contribution in [-0.4, -0.2) is 40.1 Å². The predicted octanol–water partition coefficient (Wildman–Crippen LogP) is 5.28. The molecule has 3 aromatic carbocycles. The highest BCUT2D eigenvalue weighted by molar-refractivity contribution is 14.1. The molecule has 0 saturated heterocycles. The van der Waals surface area contributed by atoms with Gasteiger partial charge in [-0.15, -0.1) is 0 Å². The maximum Gasteiger partial charge on any atom is 0.264 e. The molecule has 1 aliphatic rings. The standard InChI is InChI=1S/C30H30ClIN2O4/c1-21(6-5-9-28(36)33(16-17-35)19-22-7-3-2-4-8-22)30(38)26-18-24(31)12-15-27(26)34(29(30)37)20-23-10-13-25(32)14-11-23/h2-8,10-15,18,21,35,38H,9,16-17,19-20H2,1H3/b6-5+/t21-,30+/m0/s1. The monoisotopic (exact) mass is 644 g/mol. The molecule has 1 aliphatic heterocycles. The molecule has 0 radical (unpaired) electrons. The number of nitrogens with zero attached hydrogens (tertiary/aromatic N) is 2. The molecule has 38 heavy (non-hydrogen) atoms. The fourth-order valence-corrected chi connectivity index (χ4v) is 5.24. The van der Waals surface area contributed by atoms with Crippen LogP contribution in [0.3, 0.4) is 0 Å². The van der Waals surface area contributed by atoms with E-state index in [1.54, 1.807) is 47.1 Å². The van der Waals surface area contributed by atoms with E-state index >= 15 is 0 Å². The molecule has 0 fully saturated rings. The molecule has 6 nitrogen and oxygen atoms in total. The van der Waals surface area contributed by atoms with Gasteiger partial charge in [0, 0.05) is 39.6 Å². The lowest BCUT2D eigenvalue weighted by Gasteiger charge is -2.28. The molecule has 0 spiro atoms. The molecular formula is C30H30ClIN2O4. The molecule has 3 aromatic rings. The van der Waals surface area contributed by atoms with Gasteiger partial charge in [0.25, 0.3) is 5.91 Å². The number of halogens is 2. The summed E-state index contributed by atoms with van der Waals surface area (Å²) in [5, 5.41) is 21.7. The Morgan fingerprint density at radius 1 is 1.11 bits per heavy atom. The predicted molar refractivity (Wildman–Crippen MR) is 158 cm³/mol. The van der Waals surface area contributed by atoms with Gasteiger partial charge in [-0.05, 0) is 64.0 Å². The Balaban J connectivity index is 1.52. The first-order chi connectivity index (χ1) is 18.2. The van der Waals surface area contributed by atoms with Gasteiger partial charge in [-0.3, -0.25) is 9.59 Å². The molecule has 8 heteroatoms. The van der Waals surface area contributed by atoms with Gasteiger partial charge < -0.3 is 20.0 Å². The van der Waals surface area contributed by atoms with E-state index in [-0.39, 0.29) is 25.5 Å². The van der Waals surface area contributed by atoms with E-state index in [0.29, 0.717) is 29.4 Å². The normalized spacial score (nSPS) is 17.6. The SMILES string of the molecule is C[C@@H](/C=C/CC(=O)N(CCO)Cc1ccccc1)[C@]1(O)C(=O)N(Cc2ccc(I)cc2)c2ccc(Cl)cc21. The van der Waals surface area contributed by atoms with Gasteiger partial charge >= 0.3 is 0 Å². The highest BCUT2D eigenvalue weighted by Crippen LogP contribution is 2.46. The third kappa shape index (κ3) is 6.12. The summed E-state index contributed by atoms with van der Waals surface area (Å²) in [6, 6.07) is 22.6. The summed E-state index contributed by atoms with van der Waals surface area (Å²) in [4.78, 5) is 29.8. The van der Waals surface area contributed by atoms with Gasteiger partial charge in [0.05, 0.1) is 18.8 Å². The van der Waals surface area contributed by atoms with Gasteiger partial charge in [0.1, 0.15) is 0 Å². The number of aliphatic hydroxyl groups excluding tert-OH is 1. The zero-order chi connectivity index (χ0) is 27.3. The lowest BCUT2D eigenvalue weighted by Crippen LogP contribution is -2.44. The quantitative estimate of drug-likeness (QED) is 0.233. The number of hydrogen-bond donors (Lipinski definition) is 2. The molecule has 2 amide bonds. The molecule has 0 saturated carbocycles. The molecule has 2 N–H and O–H groups in total. The Morgan fingerprint density at radius 2 is 1.82 bits per heavy atom. The summed E-state index contributed by atoms with van der Waals surface area (Å²) in [6.07, 6.45) is 3.46. The van der Waals surface area contributed by atoms with E-state index in [9.17, 15) is 19.8 Å². The van der Waals surface area contributed by atoms with Crippen molar-refractivity contribution in [3.63, 3.8) is 0 Å². The van der Waals surface area contributed by atoms with Crippen LogP contribution in [0.1, 0.15) is 30.0 Å². The molecule has 2 atom stereocenters. The van der Waals surface area contributed by atoms with Crippen LogP contribution in [-0.2, 0) is 28.3 Å². The van der Waals surface area contributed by atoms with Gasteiger partial charge in [-0.1, -0.05) is 73.1 Å². The summed E-state index contributed by atoms with van der Waals surface area (Å²) in [7, 11) is 0. The van der Waals surface area contributed by atoms with Gasteiger partial charge in [-0.25, -0.2) is 0 Å². The van der Waals surface area contributed by atoms with Crippen LogP contribution in [0.4, 0.5) is 5.69 Å². The zero-order valence-corrected chi connectivity index (χ0v) is 24.0. The van der Waals surface area contributed by atoms with Crippen molar-refractivity contribution in [3.8, 4) is 0 Å². The molecule has 198 valence electrons. The largest absolute Gasteiger partial charge is 0.395 e. The van der Waals surface area contributed by atoms with Crippen molar-refractivity contribution in [2.75, 3.05) is 18.1 Å². The molecule has 0 bridgehead atoms. The second-order valence-electron chi connectivity index (χ2n) is 9.39. The van der Waals surface area contributed by atoms with E-state index in [4.69, 9.17) is 11.6 Å². The van der Waals surface area contributed by atoms with E-state index in [1.165, 1.54) is 0 Å². The van der Waals surface area contributed by atoms with E-state index < -0.39 is 17.4 Å². The van der Waals surface area contributed by atoms with E-state index in [0.717, 1.165) is 14.7 Å². The van der Waals surface area contributed by atoms with E-state index in [1.807, 2.05) is 54.6 Å². The molecule has 0 aliphatic carbocycles. The number of fused-ring (bicyclic) bond motifs is 1. The summed E-state index contributed by atoms with van der Waals surface area (Å²) in [5.74, 6) is -1.20. The molecular weight excluding hydrogens is 615 g/mol. The Morgan fingerprint density at radius 3 is 2.50 bits per heavy atom. The van der Waals surface area contributed by atoms with Crippen LogP contribution >= 0.6 is 34.2 Å². The second kappa shape index (κ2) is 12.4. The topological polar surface area (TPSA) is 81.1 Å². The van der Waals surface area contributed by atoms with Crippen molar-refractivity contribution >= 4 is 51.7 Å². The van der Waals surface area contributed by atoms with Crippen LogP contribution in [0.2, 0.25) is 5.02 Å². The highest BCUT2D eigenvalue weighted by atomic mass is 127. The lowest BCUT2D eigenvalue weighted by molar-refractivity contribution is -0.139. The first-order valence-corrected chi connectivity index (χ1v) is 13.9. The van der Waals surface area contributed by atoms with Crippen molar-refractivity contribution in [2.24, 2.45) is 5.92 Å². The average Bonchev–Trinajstić information content (AvgIpc) is 3.12. The maximum atomic E-state index is 13.7. The van der Waals surface area contributed by atoms with Crippen LogP contribution in [0, 0.1) is 9.49 Å². The zero-order valence-electron chi connectivity index (χ0n) is 21.1. The van der Waals surface area contributed by atoms with Crippen molar-refractivity contribution in [1.29, 1.82) is 0 Å². The number of benzene rings is 3. The third-order valence-electron chi connectivity index (χ3n) is 6.80. The Kier molecular flexibility index (Phi) is 9.25. The maximum absolute atomic E-state index is 13.7. The van der Waals surface area contributed by atoms with Crippen LogP contribution in [0.5, 0.6) is 0 Å². The summed E-state index contributed by atoms with van der Waals surface area (Å²) in [5.41, 5.74) is 1.17. The summed E-state index contributed by atoms with van der Waals surface area (Å²) in [6.45, 7) is 2.55. The van der Waals surface area contributed by atoms with Gasteiger partial charge in [-0.2, -0.15) is 0 Å². The molecule has 4 rings (SSSR count). The summed E-state index contributed by atoms with van der Waals surface area (Å²) >= 11 is 8.51. The van der Waals surface area contributed by atoms with E-state index in [2.05, 4.69) is 22.6 Å². The summed E-state index contributed by atoms with van der Waals surface area (Å²) < 4.78 is 1.09. The number of hydrogen-bond acceptors (Lipinski definition) is 4.